The first-order valence-electron chi connectivity index (χ1n) is 8.37. The average Bonchev–Trinajstić information content (AvgIpc) is 2.65. The second-order valence-corrected chi connectivity index (χ2v) is 7.82. The molecule has 2 aromatic carbocycles. The maximum Gasteiger partial charge on any atom is 0.338 e. The summed E-state index contributed by atoms with van der Waals surface area (Å²) in [5.74, 6) is -0.469. The van der Waals surface area contributed by atoms with E-state index in [0.29, 0.717) is 5.75 Å². The smallest absolute Gasteiger partial charge is 0.338 e. The number of carbonyl (C=O) groups is 2. The van der Waals surface area contributed by atoms with E-state index >= 15 is 0 Å². The molecule has 0 heterocycles. The maximum absolute atomic E-state index is 12.2. The van der Waals surface area contributed by atoms with E-state index in [1.54, 1.807) is 19.2 Å². The minimum Gasteiger partial charge on any atom is -0.497 e. The highest BCUT2D eigenvalue weighted by molar-refractivity contribution is 7.92. The van der Waals surface area contributed by atoms with Crippen LogP contribution in [0.5, 0.6) is 5.75 Å². The predicted molar refractivity (Wildman–Crippen MR) is 105 cm³/mol. The lowest BCUT2D eigenvalue weighted by Gasteiger charge is -2.14. The van der Waals surface area contributed by atoms with Crippen LogP contribution in [0.15, 0.2) is 48.5 Å². The minimum atomic E-state index is -3.47. The topological polar surface area (TPSA) is 111 Å². The number of carbonyl (C=O) groups excluding carboxylic acids is 2. The van der Waals surface area contributed by atoms with Gasteiger partial charge in [0, 0.05) is 12.2 Å². The van der Waals surface area contributed by atoms with Crippen LogP contribution < -0.4 is 14.8 Å². The molecule has 0 spiro atoms. The van der Waals surface area contributed by atoms with E-state index in [0.717, 1.165) is 11.8 Å². The largest absolute Gasteiger partial charge is 0.497 e. The van der Waals surface area contributed by atoms with Crippen LogP contribution in [0.1, 0.15) is 22.8 Å². The van der Waals surface area contributed by atoms with E-state index in [4.69, 9.17) is 9.47 Å². The van der Waals surface area contributed by atoms with Crippen LogP contribution in [0.4, 0.5) is 5.69 Å². The van der Waals surface area contributed by atoms with Gasteiger partial charge in [-0.3, -0.25) is 9.52 Å². The zero-order valence-electron chi connectivity index (χ0n) is 15.8. The zero-order valence-corrected chi connectivity index (χ0v) is 16.6. The van der Waals surface area contributed by atoms with Crippen LogP contribution in [0.3, 0.4) is 0 Å². The Morgan fingerprint density at radius 3 is 2.39 bits per heavy atom. The standard InChI is InChI=1S/C19H22N2O6S/c1-13(18(22)20-12-14-7-9-17(26-2)10-8-14)27-19(23)15-5-4-6-16(11-15)21-28(3,24)25/h4-11,13,21H,12H2,1-3H3,(H,20,22)/t13-/m1/s1. The molecule has 0 fully saturated rings. The molecule has 9 heteroatoms. The summed E-state index contributed by atoms with van der Waals surface area (Å²) < 4.78 is 35.1. The zero-order chi connectivity index (χ0) is 20.7. The Balaban J connectivity index is 1.92. The third-order valence-corrected chi connectivity index (χ3v) is 4.29. The quantitative estimate of drug-likeness (QED) is 0.648. The molecule has 0 saturated heterocycles. The van der Waals surface area contributed by atoms with Crippen molar-refractivity contribution in [2.24, 2.45) is 0 Å². The van der Waals surface area contributed by atoms with Crippen LogP contribution in [-0.2, 0) is 26.1 Å². The molecule has 0 aliphatic heterocycles. The number of benzene rings is 2. The molecule has 2 N–H and O–H groups in total. The molecule has 0 aromatic heterocycles. The normalized spacial score (nSPS) is 12.0. The SMILES string of the molecule is COc1ccc(CNC(=O)[C@@H](C)OC(=O)c2cccc(NS(C)(=O)=O)c2)cc1. The van der Waals surface area contributed by atoms with Gasteiger partial charge in [-0.25, -0.2) is 13.2 Å². The number of hydrogen-bond donors (Lipinski definition) is 2. The van der Waals surface area contributed by atoms with E-state index in [-0.39, 0.29) is 17.8 Å². The molecule has 0 aliphatic rings. The summed E-state index contributed by atoms with van der Waals surface area (Å²) >= 11 is 0. The third kappa shape index (κ3) is 6.58. The number of amides is 1. The van der Waals surface area contributed by atoms with Gasteiger partial charge in [0.15, 0.2) is 6.10 Å². The first kappa shape index (κ1) is 21.2. The Kier molecular flexibility index (Phi) is 7.00. The van der Waals surface area contributed by atoms with Crippen LogP contribution in [0.2, 0.25) is 0 Å². The van der Waals surface area contributed by atoms with Crippen molar-refractivity contribution in [3.8, 4) is 5.75 Å². The van der Waals surface area contributed by atoms with Crippen molar-refractivity contribution in [1.29, 1.82) is 0 Å². The van der Waals surface area contributed by atoms with Crippen LogP contribution >= 0.6 is 0 Å². The minimum absolute atomic E-state index is 0.128. The van der Waals surface area contributed by atoms with Gasteiger partial charge in [-0.15, -0.1) is 0 Å². The van der Waals surface area contributed by atoms with Crippen molar-refractivity contribution < 1.29 is 27.5 Å². The van der Waals surface area contributed by atoms with Crippen molar-refractivity contribution in [2.45, 2.75) is 19.6 Å². The molecule has 150 valence electrons. The number of ether oxygens (including phenoxy) is 2. The highest BCUT2D eigenvalue weighted by atomic mass is 32.2. The number of hydrogen-bond acceptors (Lipinski definition) is 6. The van der Waals surface area contributed by atoms with Gasteiger partial charge in [0.2, 0.25) is 10.0 Å². The predicted octanol–water partition coefficient (Wildman–Crippen LogP) is 1.93. The molecule has 28 heavy (non-hydrogen) atoms. The monoisotopic (exact) mass is 406 g/mol. The van der Waals surface area contributed by atoms with Crippen molar-refractivity contribution in [3.63, 3.8) is 0 Å². The number of anilines is 1. The second-order valence-electron chi connectivity index (χ2n) is 6.07. The summed E-state index contributed by atoms with van der Waals surface area (Å²) in [4.78, 5) is 24.4. The van der Waals surface area contributed by atoms with Crippen LogP contribution in [-0.4, -0.2) is 39.8 Å². The molecule has 1 amide bonds. The maximum atomic E-state index is 12.2. The summed E-state index contributed by atoms with van der Waals surface area (Å²) in [6, 6.07) is 13.0. The van der Waals surface area contributed by atoms with Gasteiger partial charge in [0.25, 0.3) is 5.91 Å². The van der Waals surface area contributed by atoms with Gasteiger partial charge in [-0.05, 0) is 42.8 Å². The molecule has 8 nitrogen and oxygen atoms in total. The molecule has 0 radical (unpaired) electrons. The van der Waals surface area contributed by atoms with Gasteiger partial charge in [-0.1, -0.05) is 18.2 Å². The fourth-order valence-electron chi connectivity index (χ4n) is 2.28. The lowest BCUT2D eigenvalue weighted by Crippen LogP contribution is -2.35. The molecule has 0 unspecified atom stereocenters. The molecule has 0 aliphatic carbocycles. The average molecular weight is 406 g/mol. The van der Waals surface area contributed by atoms with E-state index < -0.39 is 28.0 Å². The van der Waals surface area contributed by atoms with Crippen molar-refractivity contribution in [3.05, 3.63) is 59.7 Å². The summed E-state index contributed by atoms with van der Waals surface area (Å²) in [6.45, 7) is 1.73. The molecule has 1 atom stereocenters. The Hall–Kier alpha value is -3.07. The first-order chi connectivity index (χ1) is 13.2. The van der Waals surface area contributed by atoms with E-state index in [2.05, 4.69) is 10.0 Å². The Bertz CT molecular complexity index is 941. The summed E-state index contributed by atoms with van der Waals surface area (Å²) in [5, 5.41) is 2.69. The van der Waals surface area contributed by atoms with E-state index in [1.165, 1.54) is 31.2 Å². The van der Waals surface area contributed by atoms with E-state index in [9.17, 15) is 18.0 Å². The van der Waals surface area contributed by atoms with Gasteiger partial charge in [0.05, 0.1) is 18.9 Å². The van der Waals surface area contributed by atoms with Crippen LogP contribution in [0, 0.1) is 0 Å². The summed E-state index contributed by atoms with van der Waals surface area (Å²) in [7, 11) is -1.90. The molecule has 2 aromatic rings. The lowest BCUT2D eigenvalue weighted by molar-refractivity contribution is -0.129. The third-order valence-electron chi connectivity index (χ3n) is 3.68. The number of esters is 1. The fraction of sp³-hybridized carbons (Fsp3) is 0.263. The molecular formula is C19H22N2O6S. The number of rotatable bonds is 8. The Morgan fingerprint density at radius 1 is 1.11 bits per heavy atom. The van der Waals surface area contributed by atoms with Gasteiger partial charge >= 0.3 is 5.97 Å². The number of sulfonamides is 1. The van der Waals surface area contributed by atoms with Gasteiger partial charge in [0.1, 0.15) is 5.75 Å². The van der Waals surface area contributed by atoms with Gasteiger partial charge in [-0.2, -0.15) is 0 Å². The number of nitrogens with one attached hydrogen (secondary N) is 2. The van der Waals surface area contributed by atoms with E-state index in [1.807, 2.05) is 12.1 Å². The molecule has 0 saturated carbocycles. The molecule has 0 bridgehead atoms. The summed E-state index contributed by atoms with van der Waals surface area (Å²) in [5.41, 5.74) is 1.23. The first-order valence-corrected chi connectivity index (χ1v) is 10.3. The van der Waals surface area contributed by atoms with Gasteiger partial charge < -0.3 is 14.8 Å². The Morgan fingerprint density at radius 2 is 1.79 bits per heavy atom. The summed E-state index contributed by atoms with van der Waals surface area (Å²) in [6.07, 6.45) is -0.00925. The fourth-order valence-corrected chi connectivity index (χ4v) is 2.84. The lowest BCUT2D eigenvalue weighted by atomic mass is 10.2. The number of methoxy groups -OCH3 is 1. The second kappa shape index (κ2) is 9.23. The molecular weight excluding hydrogens is 384 g/mol. The van der Waals surface area contributed by atoms with Crippen molar-refractivity contribution >= 4 is 27.6 Å². The highest BCUT2D eigenvalue weighted by Crippen LogP contribution is 2.14. The highest BCUT2D eigenvalue weighted by Gasteiger charge is 2.19. The van der Waals surface area contributed by atoms with Crippen molar-refractivity contribution in [2.75, 3.05) is 18.1 Å². The van der Waals surface area contributed by atoms with Crippen molar-refractivity contribution in [1.82, 2.24) is 5.32 Å². The molecule has 2 rings (SSSR count). The van der Waals surface area contributed by atoms with Crippen LogP contribution in [0.25, 0.3) is 0 Å². The Labute approximate surface area is 163 Å².